The Hall–Kier alpha value is -0.650. The van der Waals surface area contributed by atoms with Crippen molar-refractivity contribution in [1.82, 2.24) is 5.32 Å². The highest BCUT2D eigenvalue weighted by Crippen LogP contribution is 2.20. The van der Waals surface area contributed by atoms with E-state index in [-0.39, 0.29) is 12.6 Å². The number of hydrogen-bond acceptors (Lipinski definition) is 5. The Labute approximate surface area is 83.1 Å². The molecule has 3 N–H and O–H groups in total. The molecule has 0 aliphatic carbocycles. The second-order valence-corrected chi connectivity index (χ2v) is 3.59. The predicted octanol–water partition coefficient (Wildman–Crippen LogP) is -0.773. The quantitative estimate of drug-likeness (QED) is 0.513. The molecule has 0 aromatic heterocycles. The molecule has 0 radical (unpaired) electrons. The van der Waals surface area contributed by atoms with Crippen LogP contribution in [-0.2, 0) is 9.53 Å². The Kier molecular flexibility index (Phi) is 3.86. The van der Waals surface area contributed by atoms with Crippen molar-refractivity contribution in [3.05, 3.63) is 0 Å². The maximum absolute atomic E-state index is 11.3. The molecule has 0 spiro atoms. The van der Waals surface area contributed by atoms with Gasteiger partial charge < -0.3 is 14.9 Å². The zero-order valence-electron chi connectivity index (χ0n) is 8.43. The van der Waals surface area contributed by atoms with Crippen LogP contribution in [0.5, 0.6) is 0 Å². The van der Waals surface area contributed by atoms with Gasteiger partial charge in [0.2, 0.25) is 0 Å². The molecule has 0 saturated carbocycles. The third-order valence-corrected chi connectivity index (χ3v) is 2.36. The molecule has 0 aromatic carbocycles. The molecule has 1 aliphatic rings. The highest BCUT2D eigenvalue weighted by molar-refractivity contribution is 5.73. The fourth-order valence-electron chi connectivity index (χ4n) is 1.71. The summed E-state index contributed by atoms with van der Waals surface area (Å²) in [5, 5.41) is 21.9. The lowest BCUT2D eigenvalue weighted by Crippen LogP contribution is -2.55. The fraction of sp³-hybridized carbons (Fsp3) is 0.889. The van der Waals surface area contributed by atoms with Gasteiger partial charge in [0.15, 0.2) is 0 Å². The minimum Gasteiger partial charge on any atom is -0.466 e. The summed E-state index contributed by atoms with van der Waals surface area (Å²) in [5.41, 5.74) is 0. The van der Waals surface area contributed by atoms with Crippen molar-refractivity contribution >= 4 is 5.97 Å². The van der Waals surface area contributed by atoms with Crippen LogP contribution >= 0.6 is 0 Å². The van der Waals surface area contributed by atoms with E-state index < -0.39 is 24.2 Å². The van der Waals surface area contributed by atoms with Gasteiger partial charge in [0.1, 0.15) is 12.1 Å². The van der Waals surface area contributed by atoms with Gasteiger partial charge in [-0.25, -0.2) is 0 Å². The first kappa shape index (κ1) is 11.4. The van der Waals surface area contributed by atoms with Crippen LogP contribution in [0.25, 0.3) is 0 Å². The fourth-order valence-corrected chi connectivity index (χ4v) is 1.71. The molecule has 1 rings (SSSR count). The SMILES string of the molecule is CCOC(=O)C1C(O)CC(C)NC1O. The van der Waals surface area contributed by atoms with Gasteiger partial charge in [-0.1, -0.05) is 0 Å². The van der Waals surface area contributed by atoms with Crippen LogP contribution in [0.15, 0.2) is 0 Å². The first-order valence-electron chi connectivity index (χ1n) is 4.85. The number of aliphatic hydroxyl groups excluding tert-OH is 2. The van der Waals surface area contributed by atoms with Crippen LogP contribution < -0.4 is 5.32 Å². The van der Waals surface area contributed by atoms with Crippen molar-refractivity contribution in [1.29, 1.82) is 0 Å². The first-order valence-corrected chi connectivity index (χ1v) is 4.85. The van der Waals surface area contributed by atoms with Crippen LogP contribution in [-0.4, -0.2) is 41.2 Å². The third-order valence-electron chi connectivity index (χ3n) is 2.36. The van der Waals surface area contributed by atoms with E-state index in [0.29, 0.717) is 6.42 Å². The van der Waals surface area contributed by atoms with E-state index in [1.807, 2.05) is 6.92 Å². The Morgan fingerprint density at radius 3 is 2.71 bits per heavy atom. The summed E-state index contributed by atoms with van der Waals surface area (Å²) < 4.78 is 4.76. The summed E-state index contributed by atoms with van der Waals surface area (Å²) in [6, 6.07) is 0.00526. The van der Waals surface area contributed by atoms with Crippen molar-refractivity contribution in [2.45, 2.75) is 38.6 Å². The van der Waals surface area contributed by atoms with Gasteiger partial charge in [-0.15, -0.1) is 0 Å². The van der Waals surface area contributed by atoms with E-state index >= 15 is 0 Å². The molecule has 1 heterocycles. The van der Waals surface area contributed by atoms with Crippen LogP contribution in [0.2, 0.25) is 0 Å². The molecule has 1 saturated heterocycles. The van der Waals surface area contributed by atoms with Crippen LogP contribution in [0.4, 0.5) is 0 Å². The summed E-state index contributed by atoms with van der Waals surface area (Å²) in [6.07, 6.45) is -1.41. The molecule has 5 heteroatoms. The largest absolute Gasteiger partial charge is 0.466 e. The van der Waals surface area contributed by atoms with Gasteiger partial charge >= 0.3 is 5.97 Å². The minimum absolute atomic E-state index is 0.00526. The maximum Gasteiger partial charge on any atom is 0.315 e. The van der Waals surface area contributed by atoms with Gasteiger partial charge in [0, 0.05) is 6.04 Å². The zero-order valence-corrected chi connectivity index (χ0v) is 8.43. The number of carbonyl (C=O) groups excluding carboxylic acids is 1. The lowest BCUT2D eigenvalue weighted by molar-refractivity contribution is -0.163. The first-order chi connectivity index (χ1) is 6.56. The Morgan fingerprint density at radius 2 is 2.21 bits per heavy atom. The number of carbonyl (C=O) groups is 1. The van der Waals surface area contributed by atoms with Crippen LogP contribution in [0.1, 0.15) is 20.3 Å². The van der Waals surface area contributed by atoms with Crippen molar-refractivity contribution in [2.24, 2.45) is 5.92 Å². The highest BCUT2D eigenvalue weighted by Gasteiger charge is 2.39. The molecule has 5 nitrogen and oxygen atoms in total. The molecule has 0 bridgehead atoms. The Bertz CT molecular complexity index is 197. The lowest BCUT2D eigenvalue weighted by atomic mass is 9.90. The van der Waals surface area contributed by atoms with E-state index in [2.05, 4.69) is 5.32 Å². The van der Waals surface area contributed by atoms with Crippen molar-refractivity contribution < 1.29 is 19.7 Å². The Morgan fingerprint density at radius 1 is 1.57 bits per heavy atom. The molecule has 1 aliphatic heterocycles. The van der Waals surface area contributed by atoms with Gasteiger partial charge in [0.25, 0.3) is 0 Å². The molecule has 4 unspecified atom stereocenters. The third kappa shape index (κ3) is 2.43. The summed E-state index contributed by atoms with van der Waals surface area (Å²) in [7, 11) is 0. The van der Waals surface area contributed by atoms with Gasteiger partial charge in [-0.3, -0.25) is 10.1 Å². The number of rotatable bonds is 2. The summed E-state index contributed by atoms with van der Waals surface area (Å²) >= 11 is 0. The number of piperidine rings is 1. The summed E-state index contributed by atoms with van der Waals surface area (Å²) in [4.78, 5) is 11.3. The highest BCUT2D eigenvalue weighted by atomic mass is 16.5. The van der Waals surface area contributed by atoms with E-state index in [9.17, 15) is 15.0 Å². The second kappa shape index (κ2) is 4.72. The molecular formula is C9H17NO4. The molecular weight excluding hydrogens is 186 g/mol. The predicted molar refractivity (Wildman–Crippen MR) is 49.4 cm³/mol. The molecule has 14 heavy (non-hydrogen) atoms. The Balaban J connectivity index is 2.62. The minimum atomic E-state index is -1.02. The number of hydrogen-bond donors (Lipinski definition) is 3. The maximum atomic E-state index is 11.3. The summed E-state index contributed by atoms with van der Waals surface area (Å²) in [5.74, 6) is -1.42. The normalized spacial score (nSPS) is 38.0. The lowest BCUT2D eigenvalue weighted by Gasteiger charge is -2.35. The topological polar surface area (TPSA) is 78.8 Å². The average Bonchev–Trinajstić information content (AvgIpc) is 2.01. The van der Waals surface area contributed by atoms with Gasteiger partial charge in [-0.2, -0.15) is 0 Å². The van der Waals surface area contributed by atoms with Crippen molar-refractivity contribution in [3.63, 3.8) is 0 Å². The van der Waals surface area contributed by atoms with E-state index in [0.717, 1.165) is 0 Å². The van der Waals surface area contributed by atoms with Crippen molar-refractivity contribution in [3.8, 4) is 0 Å². The number of ether oxygens (including phenoxy) is 1. The monoisotopic (exact) mass is 203 g/mol. The molecule has 4 atom stereocenters. The molecule has 0 aromatic rings. The number of esters is 1. The van der Waals surface area contributed by atoms with Gasteiger partial charge in [-0.05, 0) is 20.3 Å². The zero-order chi connectivity index (χ0) is 10.7. The van der Waals surface area contributed by atoms with Gasteiger partial charge in [0.05, 0.1) is 12.7 Å². The van der Waals surface area contributed by atoms with Crippen molar-refractivity contribution in [2.75, 3.05) is 6.61 Å². The summed E-state index contributed by atoms with van der Waals surface area (Å²) in [6.45, 7) is 3.79. The van der Waals surface area contributed by atoms with Crippen LogP contribution in [0.3, 0.4) is 0 Å². The smallest absolute Gasteiger partial charge is 0.315 e. The number of aliphatic hydroxyl groups is 2. The molecule has 82 valence electrons. The average molecular weight is 203 g/mol. The molecule has 0 amide bonds. The standard InChI is InChI=1S/C9H17NO4/c1-3-14-9(13)7-6(11)4-5(2)10-8(7)12/h5-8,10-12H,3-4H2,1-2H3. The number of nitrogens with one attached hydrogen (secondary N) is 1. The van der Waals surface area contributed by atoms with E-state index in [1.54, 1.807) is 6.92 Å². The van der Waals surface area contributed by atoms with Crippen LogP contribution in [0, 0.1) is 5.92 Å². The molecule has 1 fully saturated rings. The van der Waals surface area contributed by atoms with E-state index in [4.69, 9.17) is 4.74 Å². The van der Waals surface area contributed by atoms with E-state index in [1.165, 1.54) is 0 Å². The second-order valence-electron chi connectivity index (χ2n) is 3.59.